The van der Waals surface area contributed by atoms with Gasteiger partial charge in [0.15, 0.2) is 0 Å². The molecule has 31 heavy (non-hydrogen) atoms. The maximum atomic E-state index is 4.58. The third-order valence-corrected chi connectivity index (χ3v) is 6.82. The molecule has 0 amide bonds. The van der Waals surface area contributed by atoms with Crippen molar-refractivity contribution in [1.29, 1.82) is 0 Å². The molecule has 0 unspecified atom stereocenters. The summed E-state index contributed by atoms with van der Waals surface area (Å²) in [4.78, 5) is 13.4. The van der Waals surface area contributed by atoms with Crippen molar-refractivity contribution in [2.45, 2.75) is 39.0 Å². The summed E-state index contributed by atoms with van der Waals surface area (Å²) in [5, 5.41) is 7.14. The number of benzene rings is 2. The number of nitrogens with zero attached hydrogens (tertiary/aromatic N) is 3. The van der Waals surface area contributed by atoms with Crippen LogP contribution in [0.2, 0.25) is 0 Å². The fourth-order valence-electron chi connectivity index (χ4n) is 4.33. The van der Waals surface area contributed by atoms with Crippen molar-refractivity contribution < 1.29 is 0 Å². The van der Waals surface area contributed by atoms with Gasteiger partial charge in [0.25, 0.3) is 0 Å². The number of nitrogens with one attached hydrogen (secondary N) is 2. The van der Waals surface area contributed by atoms with Gasteiger partial charge in [0.05, 0.1) is 21.4 Å². The van der Waals surface area contributed by atoms with Gasteiger partial charge in [-0.15, -0.1) is 11.3 Å². The Hall–Kier alpha value is -2.99. The molecule has 0 atom stereocenters. The van der Waals surface area contributed by atoms with Crippen LogP contribution in [0.4, 0.5) is 17.2 Å². The van der Waals surface area contributed by atoms with Gasteiger partial charge in [-0.2, -0.15) is 0 Å². The van der Waals surface area contributed by atoms with E-state index in [9.17, 15) is 0 Å². The highest BCUT2D eigenvalue weighted by Crippen LogP contribution is 2.31. The number of fused-ring (bicyclic) bond motifs is 1. The molecule has 4 aromatic rings. The Morgan fingerprint density at radius 1 is 0.968 bits per heavy atom. The van der Waals surface area contributed by atoms with Gasteiger partial charge >= 0.3 is 0 Å². The predicted molar refractivity (Wildman–Crippen MR) is 130 cm³/mol. The minimum atomic E-state index is 0.770. The fraction of sp³-hybridized carbons (Fsp3) is 0.320. The monoisotopic (exact) mass is 429 g/mol. The molecular weight excluding hydrogens is 402 g/mol. The van der Waals surface area contributed by atoms with E-state index >= 15 is 0 Å². The highest BCUT2D eigenvalue weighted by molar-refractivity contribution is 7.16. The van der Waals surface area contributed by atoms with E-state index in [2.05, 4.69) is 56.8 Å². The predicted octanol–water partition coefficient (Wildman–Crippen LogP) is 6.80. The minimum absolute atomic E-state index is 0.770. The van der Waals surface area contributed by atoms with Gasteiger partial charge < -0.3 is 10.6 Å². The highest BCUT2D eigenvalue weighted by Gasteiger charge is 2.15. The fourth-order valence-corrected chi connectivity index (χ4v) is 5.04. The van der Waals surface area contributed by atoms with Gasteiger partial charge in [0.2, 0.25) is 0 Å². The first-order valence-electron chi connectivity index (χ1n) is 11.0. The smallest absolute Gasteiger partial charge is 0.134 e. The van der Waals surface area contributed by atoms with E-state index in [0.717, 1.165) is 51.1 Å². The topological polar surface area (TPSA) is 62.7 Å². The summed E-state index contributed by atoms with van der Waals surface area (Å²) in [5.74, 6) is 1.55. The third-order valence-electron chi connectivity index (χ3n) is 6.03. The molecule has 0 saturated heterocycles. The van der Waals surface area contributed by atoms with E-state index in [1.807, 2.05) is 23.7 Å². The highest BCUT2D eigenvalue weighted by atomic mass is 32.1. The average Bonchev–Trinajstić information content (AvgIpc) is 3.27. The second-order valence-corrected chi connectivity index (χ2v) is 9.27. The van der Waals surface area contributed by atoms with Gasteiger partial charge in [-0.25, -0.2) is 15.0 Å². The van der Waals surface area contributed by atoms with Crippen molar-refractivity contribution in [2.24, 2.45) is 5.92 Å². The van der Waals surface area contributed by atoms with Crippen LogP contribution in [-0.4, -0.2) is 21.5 Å². The molecular formula is C25H27N5S. The molecule has 158 valence electrons. The Bertz CT molecular complexity index is 1180. The van der Waals surface area contributed by atoms with Crippen LogP contribution in [0.1, 0.15) is 37.7 Å². The lowest BCUT2D eigenvalue weighted by Gasteiger charge is -2.23. The summed E-state index contributed by atoms with van der Waals surface area (Å²) in [7, 11) is 0. The molecule has 0 radical (unpaired) electrons. The Morgan fingerprint density at radius 2 is 1.87 bits per heavy atom. The van der Waals surface area contributed by atoms with E-state index in [0.29, 0.717) is 0 Å². The average molecular weight is 430 g/mol. The normalized spacial score (nSPS) is 14.6. The second-order valence-electron chi connectivity index (χ2n) is 8.38. The molecule has 5 nitrogen and oxygen atoms in total. The summed E-state index contributed by atoms with van der Waals surface area (Å²) >= 11 is 1.64. The van der Waals surface area contributed by atoms with Crippen molar-refractivity contribution in [3.05, 3.63) is 59.9 Å². The van der Waals surface area contributed by atoms with E-state index in [1.54, 1.807) is 17.7 Å². The van der Waals surface area contributed by atoms with Crippen molar-refractivity contribution in [1.82, 2.24) is 15.0 Å². The summed E-state index contributed by atoms with van der Waals surface area (Å²) in [6.07, 6.45) is 8.41. The molecule has 1 aliphatic rings. The molecule has 0 bridgehead atoms. The Morgan fingerprint density at radius 3 is 2.77 bits per heavy atom. The summed E-state index contributed by atoms with van der Waals surface area (Å²) in [6.45, 7) is 3.17. The van der Waals surface area contributed by atoms with Crippen molar-refractivity contribution in [3.8, 4) is 11.3 Å². The lowest BCUT2D eigenvalue weighted by molar-refractivity contribution is 0.373. The zero-order valence-corrected chi connectivity index (χ0v) is 18.6. The van der Waals surface area contributed by atoms with Crippen molar-refractivity contribution >= 4 is 38.7 Å². The number of rotatable bonds is 6. The standard InChI is InChI=1S/C25H27N5S/c1-17-7-9-20(22(11-17)26-14-18-5-3-2-4-6-18)23-13-25(28-15-27-23)30-19-8-10-21-24(12-19)31-16-29-21/h7-13,15-16,18,26H,2-6,14H2,1H3,(H,27,28,30). The van der Waals surface area contributed by atoms with Crippen molar-refractivity contribution in [3.63, 3.8) is 0 Å². The molecule has 2 heterocycles. The van der Waals surface area contributed by atoms with Crippen LogP contribution in [0.25, 0.3) is 21.5 Å². The maximum Gasteiger partial charge on any atom is 0.134 e. The largest absolute Gasteiger partial charge is 0.384 e. The molecule has 2 N–H and O–H groups in total. The van der Waals surface area contributed by atoms with E-state index in [1.165, 1.54) is 37.7 Å². The molecule has 0 spiro atoms. The molecule has 1 aliphatic carbocycles. The zero-order chi connectivity index (χ0) is 21.0. The molecule has 6 heteroatoms. The summed E-state index contributed by atoms with van der Waals surface area (Å²) in [5.41, 5.74) is 8.33. The molecule has 2 aromatic heterocycles. The number of hydrogen-bond acceptors (Lipinski definition) is 6. The number of aromatic nitrogens is 3. The maximum absolute atomic E-state index is 4.58. The molecule has 1 fully saturated rings. The van der Waals surface area contributed by atoms with Crippen LogP contribution in [0.15, 0.2) is 54.3 Å². The molecule has 2 aromatic carbocycles. The Kier molecular flexibility index (Phi) is 5.80. The molecule has 5 rings (SSSR count). The van der Waals surface area contributed by atoms with E-state index in [-0.39, 0.29) is 0 Å². The van der Waals surface area contributed by atoms with Gasteiger partial charge in [-0.1, -0.05) is 31.4 Å². The van der Waals surface area contributed by atoms with Crippen LogP contribution in [0, 0.1) is 12.8 Å². The quantitative estimate of drug-likeness (QED) is 0.353. The van der Waals surface area contributed by atoms with Crippen LogP contribution in [0.5, 0.6) is 0 Å². The van der Waals surface area contributed by atoms with Crippen LogP contribution in [-0.2, 0) is 0 Å². The Balaban J connectivity index is 1.38. The van der Waals surface area contributed by atoms with Gasteiger partial charge in [-0.05, 0) is 55.5 Å². The second kappa shape index (κ2) is 9.02. The first-order chi connectivity index (χ1) is 15.2. The summed E-state index contributed by atoms with van der Waals surface area (Å²) in [6, 6.07) is 14.7. The molecule has 0 aliphatic heterocycles. The SMILES string of the molecule is Cc1ccc(-c2cc(Nc3ccc4ncsc4c3)ncn2)c(NCC2CCCCC2)c1. The number of anilines is 3. The zero-order valence-electron chi connectivity index (χ0n) is 17.8. The number of thiazole rings is 1. The van der Waals surface area contributed by atoms with Gasteiger partial charge in [0, 0.05) is 29.5 Å². The van der Waals surface area contributed by atoms with Crippen molar-refractivity contribution in [2.75, 3.05) is 17.2 Å². The first-order valence-corrected chi connectivity index (χ1v) is 11.9. The summed E-state index contributed by atoms with van der Waals surface area (Å²) < 4.78 is 1.16. The lowest BCUT2D eigenvalue weighted by Crippen LogP contribution is -2.17. The Labute approximate surface area is 187 Å². The molecule has 1 saturated carbocycles. The number of hydrogen-bond donors (Lipinski definition) is 2. The van der Waals surface area contributed by atoms with E-state index in [4.69, 9.17) is 0 Å². The van der Waals surface area contributed by atoms with Gasteiger partial charge in [0.1, 0.15) is 12.1 Å². The third kappa shape index (κ3) is 4.69. The number of aryl methyl sites for hydroxylation is 1. The van der Waals surface area contributed by atoms with Gasteiger partial charge in [-0.3, -0.25) is 0 Å². The van der Waals surface area contributed by atoms with Crippen LogP contribution >= 0.6 is 11.3 Å². The van der Waals surface area contributed by atoms with Crippen LogP contribution < -0.4 is 10.6 Å². The lowest BCUT2D eigenvalue weighted by atomic mass is 9.89. The minimum Gasteiger partial charge on any atom is -0.384 e. The van der Waals surface area contributed by atoms with E-state index < -0.39 is 0 Å². The van der Waals surface area contributed by atoms with Crippen LogP contribution in [0.3, 0.4) is 0 Å². The first kappa shape index (κ1) is 19.9.